The van der Waals surface area contributed by atoms with Crippen LogP contribution in [0.2, 0.25) is 5.02 Å². The molecule has 0 bridgehead atoms. The van der Waals surface area contributed by atoms with E-state index in [-0.39, 0.29) is 28.6 Å². The highest BCUT2D eigenvalue weighted by atomic mass is 35.5. The predicted molar refractivity (Wildman–Crippen MR) is 72.3 cm³/mol. The van der Waals surface area contributed by atoms with Crippen LogP contribution in [0.5, 0.6) is 0 Å². The van der Waals surface area contributed by atoms with Gasteiger partial charge in [0.05, 0.1) is 23.6 Å². The molecule has 0 aliphatic heterocycles. The van der Waals surface area contributed by atoms with Gasteiger partial charge in [-0.1, -0.05) is 11.6 Å². The van der Waals surface area contributed by atoms with Crippen LogP contribution >= 0.6 is 11.6 Å². The average Bonchev–Trinajstić information content (AvgIpc) is 2.27. The van der Waals surface area contributed by atoms with Crippen LogP contribution in [0, 0.1) is 0 Å². The number of ether oxygens (including phenoxy) is 1. The Balaban J connectivity index is 2.84. The number of sulfonamides is 1. The van der Waals surface area contributed by atoms with E-state index >= 15 is 0 Å². The number of aromatic carboxylic acids is 1. The second-order valence-electron chi connectivity index (χ2n) is 3.65. The molecule has 0 heterocycles. The van der Waals surface area contributed by atoms with Gasteiger partial charge in [0.15, 0.2) is 0 Å². The molecule has 0 unspecified atom stereocenters. The molecule has 1 aromatic carbocycles. The summed E-state index contributed by atoms with van der Waals surface area (Å²) in [5.41, 5.74) is 0.0245. The molecule has 0 saturated carbocycles. The summed E-state index contributed by atoms with van der Waals surface area (Å²) in [5.74, 6) is -1.40. The van der Waals surface area contributed by atoms with Crippen molar-refractivity contribution in [3.8, 4) is 0 Å². The Morgan fingerprint density at radius 1 is 1.42 bits per heavy atom. The Morgan fingerprint density at radius 2 is 2.11 bits per heavy atom. The standard InChI is InChI=1S/C11H14ClNO5S/c1-2-18-3-4-19(16,17)13-10-6-8(11(14)15)5-9(12)7-10/h5-7,13H,2-4H2,1H3,(H,14,15). The zero-order valence-electron chi connectivity index (χ0n) is 10.2. The van der Waals surface area contributed by atoms with Gasteiger partial charge in [0, 0.05) is 11.6 Å². The van der Waals surface area contributed by atoms with Crippen molar-refractivity contribution in [1.82, 2.24) is 0 Å². The van der Waals surface area contributed by atoms with Crippen LogP contribution in [0.15, 0.2) is 18.2 Å². The maximum absolute atomic E-state index is 11.7. The third kappa shape index (κ3) is 5.46. The quantitative estimate of drug-likeness (QED) is 0.749. The smallest absolute Gasteiger partial charge is 0.335 e. The maximum Gasteiger partial charge on any atom is 0.335 e. The van der Waals surface area contributed by atoms with Gasteiger partial charge in [-0.2, -0.15) is 0 Å². The molecule has 1 rings (SSSR count). The summed E-state index contributed by atoms with van der Waals surface area (Å²) < 4.78 is 30.6. The maximum atomic E-state index is 11.7. The molecule has 19 heavy (non-hydrogen) atoms. The van der Waals surface area contributed by atoms with Crippen LogP contribution in [-0.4, -0.2) is 38.5 Å². The van der Waals surface area contributed by atoms with E-state index in [2.05, 4.69) is 4.72 Å². The van der Waals surface area contributed by atoms with Gasteiger partial charge >= 0.3 is 5.97 Å². The van der Waals surface area contributed by atoms with E-state index in [1.807, 2.05) is 0 Å². The molecule has 0 atom stereocenters. The summed E-state index contributed by atoms with van der Waals surface area (Å²) in [6.07, 6.45) is 0. The van der Waals surface area contributed by atoms with Crippen molar-refractivity contribution in [2.24, 2.45) is 0 Å². The van der Waals surface area contributed by atoms with Crippen molar-refractivity contribution in [3.05, 3.63) is 28.8 Å². The number of anilines is 1. The molecule has 0 amide bonds. The molecule has 0 aromatic heterocycles. The number of carboxylic acids is 1. The average molecular weight is 308 g/mol. The molecule has 0 fully saturated rings. The highest BCUT2D eigenvalue weighted by Gasteiger charge is 2.13. The van der Waals surface area contributed by atoms with Gasteiger partial charge in [0.2, 0.25) is 10.0 Å². The number of benzene rings is 1. The molecule has 106 valence electrons. The Hall–Kier alpha value is -1.31. The second-order valence-corrected chi connectivity index (χ2v) is 5.93. The highest BCUT2D eigenvalue weighted by Crippen LogP contribution is 2.20. The van der Waals surface area contributed by atoms with Crippen LogP contribution in [0.3, 0.4) is 0 Å². The SMILES string of the molecule is CCOCCS(=O)(=O)Nc1cc(Cl)cc(C(=O)O)c1. The summed E-state index contributed by atoms with van der Waals surface area (Å²) in [5, 5.41) is 8.99. The zero-order chi connectivity index (χ0) is 14.5. The lowest BCUT2D eigenvalue weighted by atomic mass is 10.2. The van der Waals surface area contributed by atoms with Crippen LogP contribution < -0.4 is 4.72 Å². The molecule has 2 N–H and O–H groups in total. The molecule has 0 spiro atoms. The molecular formula is C11H14ClNO5S. The summed E-state index contributed by atoms with van der Waals surface area (Å²) in [7, 11) is -3.59. The summed E-state index contributed by atoms with van der Waals surface area (Å²) in [6, 6.07) is 3.78. The Morgan fingerprint density at radius 3 is 2.68 bits per heavy atom. The molecule has 0 saturated heterocycles. The van der Waals surface area contributed by atoms with Gasteiger partial charge in [-0.15, -0.1) is 0 Å². The predicted octanol–water partition coefficient (Wildman–Crippen LogP) is 1.82. The van der Waals surface area contributed by atoms with E-state index in [0.29, 0.717) is 6.61 Å². The minimum atomic E-state index is -3.59. The van der Waals surface area contributed by atoms with Crippen molar-refractivity contribution in [3.63, 3.8) is 0 Å². The second kappa shape index (κ2) is 6.74. The number of hydrogen-bond donors (Lipinski definition) is 2. The van der Waals surface area contributed by atoms with E-state index in [4.69, 9.17) is 21.4 Å². The first kappa shape index (κ1) is 15.7. The minimum absolute atomic E-state index is 0.0676. The number of hydrogen-bond acceptors (Lipinski definition) is 4. The van der Waals surface area contributed by atoms with Crippen LogP contribution in [0.4, 0.5) is 5.69 Å². The monoisotopic (exact) mass is 307 g/mol. The fourth-order valence-corrected chi connectivity index (χ4v) is 2.47. The summed E-state index contributed by atoms with van der Waals surface area (Å²) in [6.45, 7) is 2.25. The van der Waals surface area contributed by atoms with Crippen molar-refractivity contribution in [2.45, 2.75) is 6.92 Å². The number of carboxylic acid groups (broad SMARTS) is 1. The lowest BCUT2D eigenvalue weighted by Gasteiger charge is -2.09. The third-order valence-electron chi connectivity index (χ3n) is 2.12. The van der Waals surface area contributed by atoms with Gasteiger partial charge < -0.3 is 9.84 Å². The molecule has 8 heteroatoms. The largest absolute Gasteiger partial charge is 0.478 e. The molecule has 0 aliphatic carbocycles. The first-order chi connectivity index (χ1) is 8.84. The molecule has 6 nitrogen and oxygen atoms in total. The van der Waals surface area contributed by atoms with Gasteiger partial charge in [-0.3, -0.25) is 4.72 Å². The van der Waals surface area contributed by atoms with Gasteiger partial charge in [0.1, 0.15) is 0 Å². The fraction of sp³-hybridized carbons (Fsp3) is 0.364. The first-order valence-corrected chi connectivity index (χ1v) is 7.49. The van der Waals surface area contributed by atoms with Gasteiger partial charge in [-0.25, -0.2) is 13.2 Å². The number of halogens is 1. The van der Waals surface area contributed by atoms with Crippen LogP contribution in [-0.2, 0) is 14.8 Å². The van der Waals surface area contributed by atoms with Gasteiger partial charge in [-0.05, 0) is 25.1 Å². The van der Waals surface area contributed by atoms with E-state index in [1.165, 1.54) is 18.2 Å². The lowest BCUT2D eigenvalue weighted by molar-refractivity contribution is 0.0697. The zero-order valence-corrected chi connectivity index (χ0v) is 11.8. The van der Waals surface area contributed by atoms with E-state index in [9.17, 15) is 13.2 Å². The van der Waals surface area contributed by atoms with Crippen molar-refractivity contribution >= 4 is 33.3 Å². The normalized spacial score (nSPS) is 11.3. The topological polar surface area (TPSA) is 92.7 Å². The number of carbonyl (C=O) groups is 1. The summed E-state index contributed by atoms with van der Waals surface area (Å²) in [4.78, 5) is 10.8. The van der Waals surface area contributed by atoms with Gasteiger partial charge in [0.25, 0.3) is 0 Å². The highest BCUT2D eigenvalue weighted by molar-refractivity contribution is 7.92. The van der Waals surface area contributed by atoms with Crippen LogP contribution in [0.25, 0.3) is 0 Å². The van der Waals surface area contributed by atoms with Crippen LogP contribution in [0.1, 0.15) is 17.3 Å². The fourth-order valence-electron chi connectivity index (χ4n) is 1.32. The van der Waals surface area contributed by atoms with Crippen molar-refractivity contribution in [2.75, 3.05) is 23.7 Å². The Kier molecular flexibility index (Phi) is 5.59. The number of rotatable bonds is 7. The Labute approximate surface area is 116 Å². The third-order valence-corrected chi connectivity index (χ3v) is 3.59. The molecule has 0 radical (unpaired) electrons. The van der Waals surface area contributed by atoms with Crippen molar-refractivity contribution in [1.29, 1.82) is 0 Å². The summed E-state index contributed by atoms with van der Waals surface area (Å²) >= 11 is 5.73. The molecular weight excluding hydrogens is 294 g/mol. The molecule has 1 aromatic rings. The van der Waals surface area contributed by atoms with E-state index in [1.54, 1.807) is 6.92 Å². The Bertz CT molecular complexity index is 558. The van der Waals surface area contributed by atoms with E-state index < -0.39 is 16.0 Å². The first-order valence-electron chi connectivity index (χ1n) is 5.46. The minimum Gasteiger partial charge on any atom is -0.478 e. The van der Waals surface area contributed by atoms with E-state index in [0.717, 1.165) is 0 Å². The number of nitrogens with one attached hydrogen (secondary N) is 1. The van der Waals surface area contributed by atoms with Crippen molar-refractivity contribution < 1.29 is 23.1 Å². The lowest BCUT2D eigenvalue weighted by Crippen LogP contribution is -2.20. The molecule has 0 aliphatic rings.